The van der Waals surface area contributed by atoms with Gasteiger partial charge in [-0.1, -0.05) is 26.0 Å². The topological polar surface area (TPSA) is 47.0 Å². The van der Waals surface area contributed by atoms with E-state index in [1.54, 1.807) is 6.33 Å². The van der Waals surface area contributed by atoms with E-state index in [0.717, 1.165) is 29.2 Å². The van der Waals surface area contributed by atoms with Crippen molar-refractivity contribution >= 4 is 5.82 Å². The van der Waals surface area contributed by atoms with E-state index in [0.29, 0.717) is 5.88 Å². The Morgan fingerprint density at radius 1 is 1.19 bits per heavy atom. The molecule has 0 saturated carbocycles. The average molecular weight is 285 g/mol. The van der Waals surface area contributed by atoms with Crippen LogP contribution in [0.1, 0.15) is 43.4 Å². The first-order valence-electron chi connectivity index (χ1n) is 7.36. The molecule has 0 aliphatic carbocycles. The molecule has 0 amide bonds. The fourth-order valence-electron chi connectivity index (χ4n) is 2.21. The minimum atomic E-state index is 0.278. The minimum Gasteiger partial charge on any atom is -0.438 e. The lowest BCUT2D eigenvalue weighted by Gasteiger charge is -2.17. The fraction of sp³-hybridized carbons (Fsp3) is 0.412. The number of nitrogens with zero attached hydrogens (tertiary/aromatic N) is 2. The summed E-state index contributed by atoms with van der Waals surface area (Å²) >= 11 is 0. The summed E-state index contributed by atoms with van der Waals surface area (Å²) in [5, 5.41) is 3.28. The highest BCUT2D eigenvalue weighted by molar-refractivity contribution is 5.52. The van der Waals surface area contributed by atoms with Gasteiger partial charge in [0.2, 0.25) is 5.88 Å². The second-order valence-electron chi connectivity index (χ2n) is 5.50. The van der Waals surface area contributed by atoms with Crippen LogP contribution in [0.25, 0.3) is 0 Å². The SMILES string of the molecule is CCNc1ncnc(Oc2cc(C)ccc2C)c1C(C)C. The zero-order valence-corrected chi connectivity index (χ0v) is 13.4. The Kier molecular flexibility index (Phi) is 4.78. The van der Waals surface area contributed by atoms with Gasteiger partial charge in [-0.05, 0) is 43.9 Å². The van der Waals surface area contributed by atoms with Crippen molar-refractivity contribution in [2.75, 3.05) is 11.9 Å². The van der Waals surface area contributed by atoms with Crippen LogP contribution < -0.4 is 10.1 Å². The van der Waals surface area contributed by atoms with Gasteiger partial charge in [0.05, 0.1) is 5.56 Å². The van der Waals surface area contributed by atoms with E-state index in [9.17, 15) is 0 Å². The molecule has 1 N–H and O–H groups in total. The van der Waals surface area contributed by atoms with Gasteiger partial charge in [0.1, 0.15) is 17.9 Å². The van der Waals surface area contributed by atoms with E-state index in [2.05, 4.69) is 55.1 Å². The zero-order chi connectivity index (χ0) is 15.4. The smallest absolute Gasteiger partial charge is 0.227 e. The van der Waals surface area contributed by atoms with Crippen molar-refractivity contribution in [3.05, 3.63) is 41.2 Å². The lowest BCUT2D eigenvalue weighted by Crippen LogP contribution is -2.07. The molecular weight excluding hydrogens is 262 g/mol. The fourth-order valence-corrected chi connectivity index (χ4v) is 2.21. The molecule has 4 heteroatoms. The van der Waals surface area contributed by atoms with Crippen molar-refractivity contribution in [3.63, 3.8) is 0 Å². The van der Waals surface area contributed by atoms with Crippen molar-refractivity contribution in [1.82, 2.24) is 9.97 Å². The van der Waals surface area contributed by atoms with Crippen molar-refractivity contribution in [2.45, 2.75) is 40.5 Å². The summed E-state index contributed by atoms with van der Waals surface area (Å²) in [6, 6.07) is 6.18. The number of ether oxygens (including phenoxy) is 1. The van der Waals surface area contributed by atoms with Crippen LogP contribution in [0.5, 0.6) is 11.6 Å². The third-order valence-corrected chi connectivity index (χ3v) is 3.32. The molecule has 1 aromatic carbocycles. The van der Waals surface area contributed by atoms with Crippen LogP contribution in [0, 0.1) is 13.8 Å². The van der Waals surface area contributed by atoms with Crippen LogP contribution >= 0.6 is 0 Å². The molecule has 0 saturated heterocycles. The van der Waals surface area contributed by atoms with Crippen LogP contribution in [0.3, 0.4) is 0 Å². The molecule has 0 bridgehead atoms. The molecule has 1 heterocycles. The number of nitrogens with one attached hydrogen (secondary N) is 1. The Morgan fingerprint density at radius 2 is 1.95 bits per heavy atom. The third kappa shape index (κ3) is 3.51. The summed E-state index contributed by atoms with van der Waals surface area (Å²) < 4.78 is 6.08. The number of anilines is 1. The van der Waals surface area contributed by atoms with E-state index >= 15 is 0 Å². The summed E-state index contributed by atoms with van der Waals surface area (Å²) in [5.41, 5.74) is 3.28. The Bertz CT molecular complexity index is 623. The quantitative estimate of drug-likeness (QED) is 0.882. The second kappa shape index (κ2) is 6.57. The van der Waals surface area contributed by atoms with Gasteiger partial charge in [0.15, 0.2) is 0 Å². The Labute approximate surface area is 126 Å². The molecule has 2 aromatic rings. The molecule has 21 heavy (non-hydrogen) atoms. The van der Waals surface area contributed by atoms with E-state index in [1.807, 2.05) is 13.0 Å². The molecular formula is C17H23N3O. The Hall–Kier alpha value is -2.10. The van der Waals surface area contributed by atoms with Crippen LogP contribution in [0.2, 0.25) is 0 Å². The number of aryl methyl sites for hydroxylation is 2. The third-order valence-electron chi connectivity index (χ3n) is 3.32. The van der Waals surface area contributed by atoms with Crippen LogP contribution in [0.15, 0.2) is 24.5 Å². The van der Waals surface area contributed by atoms with Gasteiger partial charge in [-0.25, -0.2) is 9.97 Å². The monoisotopic (exact) mass is 285 g/mol. The highest BCUT2D eigenvalue weighted by Crippen LogP contribution is 2.34. The number of hydrogen-bond acceptors (Lipinski definition) is 4. The maximum atomic E-state index is 6.08. The second-order valence-corrected chi connectivity index (χ2v) is 5.50. The molecule has 0 fully saturated rings. The molecule has 0 spiro atoms. The molecule has 0 aliphatic heterocycles. The maximum absolute atomic E-state index is 6.08. The molecule has 2 rings (SSSR count). The van der Waals surface area contributed by atoms with E-state index in [4.69, 9.17) is 4.74 Å². The number of aromatic nitrogens is 2. The minimum absolute atomic E-state index is 0.278. The van der Waals surface area contributed by atoms with Gasteiger partial charge in [0, 0.05) is 6.54 Å². The predicted molar refractivity (Wildman–Crippen MR) is 86.3 cm³/mol. The highest BCUT2D eigenvalue weighted by atomic mass is 16.5. The number of benzene rings is 1. The molecule has 0 unspecified atom stereocenters. The molecule has 0 aliphatic rings. The van der Waals surface area contributed by atoms with E-state index in [-0.39, 0.29) is 5.92 Å². The van der Waals surface area contributed by atoms with Crippen molar-refractivity contribution < 1.29 is 4.74 Å². The van der Waals surface area contributed by atoms with Crippen LogP contribution in [-0.2, 0) is 0 Å². The van der Waals surface area contributed by atoms with Gasteiger partial charge < -0.3 is 10.1 Å². The highest BCUT2D eigenvalue weighted by Gasteiger charge is 2.17. The normalized spacial score (nSPS) is 10.8. The number of rotatable bonds is 5. The van der Waals surface area contributed by atoms with E-state index < -0.39 is 0 Å². The molecule has 0 atom stereocenters. The van der Waals surface area contributed by atoms with Crippen LogP contribution in [0.4, 0.5) is 5.82 Å². The van der Waals surface area contributed by atoms with Gasteiger partial charge in [0.25, 0.3) is 0 Å². The summed E-state index contributed by atoms with van der Waals surface area (Å²) in [5.74, 6) is 2.60. The summed E-state index contributed by atoms with van der Waals surface area (Å²) in [6.45, 7) is 11.2. The van der Waals surface area contributed by atoms with Gasteiger partial charge in [-0.3, -0.25) is 0 Å². The van der Waals surface area contributed by atoms with Gasteiger partial charge in [-0.15, -0.1) is 0 Å². The van der Waals surface area contributed by atoms with Crippen molar-refractivity contribution in [2.24, 2.45) is 0 Å². The van der Waals surface area contributed by atoms with E-state index in [1.165, 1.54) is 5.56 Å². The van der Waals surface area contributed by atoms with Gasteiger partial charge in [-0.2, -0.15) is 0 Å². The standard InChI is InChI=1S/C17H23N3O/c1-6-18-16-15(11(2)3)17(20-10-19-16)21-14-9-12(4)7-8-13(14)5/h7-11H,6H2,1-5H3,(H,18,19,20). The number of hydrogen-bond donors (Lipinski definition) is 1. The van der Waals surface area contributed by atoms with Crippen molar-refractivity contribution in [1.29, 1.82) is 0 Å². The summed E-state index contributed by atoms with van der Waals surface area (Å²) in [6.07, 6.45) is 1.55. The first-order valence-corrected chi connectivity index (χ1v) is 7.36. The molecule has 0 radical (unpaired) electrons. The zero-order valence-electron chi connectivity index (χ0n) is 13.4. The maximum Gasteiger partial charge on any atom is 0.227 e. The largest absolute Gasteiger partial charge is 0.438 e. The molecule has 4 nitrogen and oxygen atoms in total. The summed E-state index contributed by atoms with van der Waals surface area (Å²) in [7, 11) is 0. The lowest BCUT2D eigenvalue weighted by atomic mass is 10.1. The Balaban J connectivity index is 2.43. The lowest BCUT2D eigenvalue weighted by molar-refractivity contribution is 0.448. The summed E-state index contributed by atoms with van der Waals surface area (Å²) in [4.78, 5) is 8.67. The van der Waals surface area contributed by atoms with Gasteiger partial charge >= 0.3 is 0 Å². The first-order chi connectivity index (χ1) is 10.0. The first kappa shape index (κ1) is 15.3. The predicted octanol–water partition coefficient (Wildman–Crippen LogP) is 4.44. The average Bonchev–Trinajstić information content (AvgIpc) is 2.43. The Morgan fingerprint density at radius 3 is 2.62 bits per heavy atom. The van der Waals surface area contributed by atoms with Crippen LogP contribution in [-0.4, -0.2) is 16.5 Å². The molecule has 1 aromatic heterocycles. The van der Waals surface area contributed by atoms with Crippen molar-refractivity contribution in [3.8, 4) is 11.6 Å². The molecule has 112 valence electrons.